The molecular weight excluding hydrogens is 196 g/mol. The number of rotatable bonds is 5. The predicted molar refractivity (Wildman–Crippen MR) is 63.5 cm³/mol. The van der Waals surface area contributed by atoms with Crippen molar-refractivity contribution in [3.63, 3.8) is 0 Å². The van der Waals surface area contributed by atoms with Gasteiger partial charge < -0.3 is 0 Å². The second-order valence-electron chi connectivity index (χ2n) is 5.56. The summed E-state index contributed by atoms with van der Waals surface area (Å²) in [6, 6.07) is 0. The van der Waals surface area contributed by atoms with Crippen molar-refractivity contribution >= 4 is 11.9 Å². The van der Waals surface area contributed by atoms with Gasteiger partial charge in [0.05, 0.1) is 17.5 Å². The minimum atomic E-state index is -0.171. The highest BCUT2D eigenvalue weighted by molar-refractivity contribution is 6.07. The summed E-state index contributed by atoms with van der Waals surface area (Å²) in [6.45, 7) is 13.3. The molecule has 0 aliphatic heterocycles. The molecule has 0 rings (SSSR count). The van der Waals surface area contributed by atoms with Crippen molar-refractivity contribution in [2.75, 3.05) is 0 Å². The standard InChI is InChI=1S/C12H25ClO/c1-7-10(11(3,4)5)9-12(6,8-2)14-13/h10H,7-9H2,1-6H3. The molecular formula is C12H25ClO. The normalized spacial score (nSPS) is 19.1. The Balaban J connectivity index is 4.45. The van der Waals surface area contributed by atoms with Crippen LogP contribution < -0.4 is 0 Å². The fourth-order valence-corrected chi connectivity index (χ4v) is 1.99. The first-order valence-corrected chi connectivity index (χ1v) is 5.89. The largest absolute Gasteiger partial charge is 0.273 e. The Kier molecular flexibility index (Phi) is 5.46. The summed E-state index contributed by atoms with van der Waals surface area (Å²) in [4.78, 5) is 0. The van der Waals surface area contributed by atoms with Crippen LogP contribution in [0.2, 0.25) is 0 Å². The molecule has 0 aliphatic carbocycles. The van der Waals surface area contributed by atoms with Gasteiger partial charge in [-0.15, -0.1) is 0 Å². The molecule has 1 nitrogen and oxygen atoms in total. The van der Waals surface area contributed by atoms with Crippen molar-refractivity contribution in [2.24, 2.45) is 11.3 Å². The van der Waals surface area contributed by atoms with Crippen LogP contribution in [0.3, 0.4) is 0 Å². The fourth-order valence-electron chi connectivity index (χ4n) is 1.81. The van der Waals surface area contributed by atoms with Crippen LogP contribution in [0.1, 0.15) is 60.8 Å². The van der Waals surface area contributed by atoms with Crippen molar-refractivity contribution in [1.82, 2.24) is 0 Å². The molecule has 0 saturated carbocycles. The average molecular weight is 221 g/mol. The number of hydrogen-bond donors (Lipinski definition) is 0. The Morgan fingerprint density at radius 2 is 1.64 bits per heavy atom. The summed E-state index contributed by atoms with van der Waals surface area (Å²) in [5.74, 6) is 0.659. The molecule has 0 radical (unpaired) electrons. The Morgan fingerprint density at radius 3 is 1.86 bits per heavy atom. The Labute approximate surface area is 94.3 Å². The molecule has 0 N–H and O–H groups in total. The lowest BCUT2D eigenvalue weighted by Gasteiger charge is -2.36. The van der Waals surface area contributed by atoms with Crippen molar-refractivity contribution in [3.05, 3.63) is 0 Å². The van der Waals surface area contributed by atoms with Crippen molar-refractivity contribution < 1.29 is 4.29 Å². The monoisotopic (exact) mass is 220 g/mol. The van der Waals surface area contributed by atoms with E-state index in [4.69, 9.17) is 16.2 Å². The van der Waals surface area contributed by atoms with E-state index in [1.54, 1.807) is 0 Å². The van der Waals surface area contributed by atoms with Crippen LogP contribution in [-0.2, 0) is 4.29 Å². The Bertz CT molecular complexity index is 156. The predicted octanol–water partition coefficient (Wildman–Crippen LogP) is 4.79. The molecule has 0 aromatic carbocycles. The van der Waals surface area contributed by atoms with Gasteiger partial charge in [0.25, 0.3) is 0 Å². The molecule has 0 bridgehead atoms. The van der Waals surface area contributed by atoms with E-state index in [0.29, 0.717) is 11.3 Å². The Hall–Kier alpha value is 0.250. The topological polar surface area (TPSA) is 9.23 Å². The summed E-state index contributed by atoms with van der Waals surface area (Å²) in [6.07, 6.45) is 3.18. The molecule has 0 aromatic rings. The Morgan fingerprint density at radius 1 is 1.14 bits per heavy atom. The highest BCUT2D eigenvalue weighted by atomic mass is 35.5. The van der Waals surface area contributed by atoms with Crippen molar-refractivity contribution in [1.29, 1.82) is 0 Å². The maximum absolute atomic E-state index is 5.56. The van der Waals surface area contributed by atoms with Gasteiger partial charge >= 0.3 is 0 Å². The molecule has 0 fully saturated rings. The van der Waals surface area contributed by atoms with Crippen LogP contribution in [0, 0.1) is 11.3 Å². The highest BCUT2D eigenvalue weighted by Gasteiger charge is 2.32. The van der Waals surface area contributed by atoms with Crippen LogP contribution in [0.15, 0.2) is 0 Å². The van der Waals surface area contributed by atoms with E-state index in [-0.39, 0.29) is 5.60 Å². The van der Waals surface area contributed by atoms with Gasteiger partial charge in [0, 0.05) is 0 Å². The van der Waals surface area contributed by atoms with Gasteiger partial charge in [-0.25, -0.2) is 0 Å². The second kappa shape index (κ2) is 5.37. The highest BCUT2D eigenvalue weighted by Crippen LogP contribution is 2.37. The van der Waals surface area contributed by atoms with Crippen LogP contribution in [0.5, 0.6) is 0 Å². The first-order valence-electron chi connectivity index (χ1n) is 5.58. The first kappa shape index (κ1) is 14.2. The van der Waals surface area contributed by atoms with E-state index in [1.807, 2.05) is 0 Å². The van der Waals surface area contributed by atoms with Gasteiger partial charge in [-0.1, -0.05) is 41.0 Å². The summed E-state index contributed by atoms with van der Waals surface area (Å²) in [7, 11) is 0. The maximum atomic E-state index is 5.56. The van der Waals surface area contributed by atoms with Crippen LogP contribution >= 0.6 is 11.9 Å². The zero-order valence-corrected chi connectivity index (χ0v) is 11.2. The number of halogens is 1. The van der Waals surface area contributed by atoms with E-state index in [1.165, 1.54) is 6.42 Å². The molecule has 0 aromatic heterocycles. The van der Waals surface area contributed by atoms with E-state index < -0.39 is 0 Å². The summed E-state index contributed by atoms with van der Waals surface area (Å²) < 4.78 is 5.09. The molecule has 0 heterocycles. The van der Waals surface area contributed by atoms with Crippen LogP contribution in [0.25, 0.3) is 0 Å². The molecule has 86 valence electrons. The van der Waals surface area contributed by atoms with Gasteiger partial charge in [-0.05, 0) is 31.1 Å². The first-order chi connectivity index (χ1) is 6.29. The SMILES string of the molecule is CCC(CC(C)(CC)OCl)C(C)(C)C. The third-order valence-electron chi connectivity index (χ3n) is 3.33. The maximum Gasteiger partial charge on any atom is 0.0869 e. The minimum Gasteiger partial charge on any atom is -0.273 e. The van der Waals surface area contributed by atoms with Gasteiger partial charge in [-0.2, -0.15) is 0 Å². The minimum absolute atomic E-state index is 0.171. The van der Waals surface area contributed by atoms with Gasteiger partial charge in [0.2, 0.25) is 0 Å². The van der Waals surface area contributed by atoms with Crippen molar-refractivity contribution in [2.45, 2.75) is 66.4 Å². The van der Waals surface area contributed by atoms with E-state index >= 15 is 0 Å². The van der Waals surface area contributed by atoms with E-state index in [2.05, 4.69) is 41.5 Å². The molecule has 2 heteroatoms. The van der Waals surface area contributed by atoms with Gasteiger partial charge in [0.1, 0.15) is 0 Å². The van der Waals surface area contributed by atoms with Gasteiger partial charge in [-0.3, -0.25) is 4.29 Å². The van der Waals surface area contributed by atoms with Gasteiger partial charge in [0.15, 0.2) is 0 Å². The third kappa shape index (κ3) is 4.18. The van der Waals surface area contributed by atoms with E-state index in [9.17, 15) is 0 Å². The summed E-state index contributed by atoms with van der Waals surface area (Å²) >= 11 is 5.56. The lowest BCUT2D eigenvalue weighted by atomic mass is 9.73. The molecule has 2 unspecified atom stereocenters. The van der Waals surface area contributed by atoms with Crippen molar-refractivity contribution in [3.8, 4) is 0 Å². The zero-order chi connectivity index (χ0) is 11.4. The molecule has 0 aliphatic rings. The molecule has 2 atom stereocenters. The molecule has 0 saturated heterocycles. The lowest BCUT2D eigenvalue weighted by Crippen LogP contribution is -2.32. The zero-order valence-electron chi connectivity index (χ0n) is 10.5. The molecule has 14 heavy (non-hydrogen) atoms. The molecule has 0 amide bonds. The summed E-state index contributed by atoms with van der Waals surface area (Å²) in [5, 5.41) is 0. The molecule has 0 spiro atoms. The lowest BCUT2D eigenvalue weighted by molar-refractivity contribution is 0.0397. The smallest absolute Gasteiger partial charge is 0.0869 e. The van der Waals surface area contributed by atoms with E-state index in [0.717, 1.165) is 12.8 Å². The summed E-state index contributed by atoms with van der Waals surface area (Å²) in [5.41, 5.74) is 0.163. The number of hydrogen-bond acceptors (Lipinski definition) is 1. The van der Waals surface area contributed by atoms with Crippen LogP contribution in [-0.4, -0.2) is 5.60 Å². The second-order valence-corrected chi connectivity index (χ2v) is 5.71. The third-order valence-corrected chi connectivity index (χ3v) is 3.70. The van der Waals surface area contributed by atoms with Crippen LogP contribution in [0.4, 0.5) is 0 Å². The average Bonchev–Trinajstić information content (AvgIpc) is 2.12. The fraction of sp³-hybridized carbons (Fsp3) is 1.00. The quantitative estimate of drug-likeness (QED) is 0.648.